The van der Waals surface area contributed by atoms with Gasteiger partial charge in [-0.1, -0.05) is 19.1 Å². The average Bonchev–Trinajstić information content (AvgIpc) is 2.35. The van der Waals surface area contributed by atoms with E-state index in [9.17, 15) is 4.79 Å². The van der Waals surface area contributed by atoms with Crippen molar-refractivity contribution in [3.8, 4) is 5.75 Å². The van der Waals surface area contributed by atoms with E-state index in [0.29, 0.717) is 0 Å². The van der Waals surface area contributed by atoms with Crippen molar-refractivity contribution in [2.45, 2.75) is 24.6 Å². The third-order valence-corrected chi connectivity index (χ3v) is 3.27. The summed E-state index contributed by atoms with van der Waals surface area (Å²) in [5.41, 5.74) is 7.35. The summed E-state index contributed by atoms with van der Waals surface area (Å²) in [6.45, 7) is 2.01. The van der Waals surface area contributed by atoms with E-state index in [2.05, 4.69) is 12.6 Å². The number of hydrogen-bond donors (Lipinski definition) is 3. The smallest absolute Gasteiger partial charge is 0.321 e. The van der Waals surface area contributed by atoms with Crippen LogP contribution in [0.3, 0.4) is 0 Å². The predicted octanol–water partition coefficient (Wildman–Crippen LogP) is 1.64. The molecule has 2 unspecified atom stereocenters. The van der Waals surface area contributed by atoms with Crippen LogP contribution in [0, 0.1) is 0 Å². The Kier molecular flexibility index (Phi) is 4.84. The Hall–Kier alpha value is -1.20. The van der Waals surface area contributed by atoms with Gasteiger partial charge in [-0.2, -0.15) is 12.6 Å². The quantitative estimate of drug-likeness (QED) is 0.699. The monoisotopic (exact) mass is 255 g/mol. The van der Waals surface area contributed by atoms with Gasteiger partial charge in [0.25, 0.3) is 0 Å². The summed E-state index contributed by atoms with van der Waals surface area (Å²) in [5, 5.41) is 8.32. The number of aliphatic carboxylic acids is 1. The molecule has 0 fully saturated rings. The molecule has 94 valence electrons. The number of carboxylic acids is 1. The first kappa shape index (κ1) is 13.9. The second-order valence-corrected chi connectivity index (χ2v) is 4.29. The second kappa shape index (κ2) is 5.93. The summed E-state index contributed by atoms with van der Waals surface area (Å²) in [4.78, 5) is 10.8. The molecule has 17 heavy (non-hydrogen) atoms. The van der Waals surface area contributed by atoms with Crippen LogP contribution >= 0.6 is 12.6 Å². The van der Waals surface area contributed by atoms with Crippen LogP contribution in [-0.4, -0.2) is 24.2 Å². The fraction of sp³-hybridized carbons (Fsp3) is 0.417. The molecule has 3 N–H and O–H groups in total. The molecular formula is C12H17NO3S. The minimum absolute atomic E-state index is 0.524. The normalized spacial score (nSPS) is 14.1. The van der Waals surface area contributed by atoms with E-state index >= 15 is 0 Å². The molecule has 1 aromatic rings. The van der Waals surface area contributed by atoms with Crippen molar-refractivity contribution in [3.05, 3.63) is 29.3 Å². The fourth-order valence-corrected chi connectivity index (χ4v) is 1.89. The molecule has 2 atom stereocenters. The van der Waals surface area contributed by atoms with Crippen LogP contribution in [0.5, 0.6) is 5.75 Å². The van der Waals surface area contributed by atoms with E-state index in [1.165, 1.54) is 0 Å². The third-order valence-electron chi connectivity index (χ3n) is 2.65. The van der Waals surface area contributed by atoms with Crippen LogP contribution in [0.25, 0.3) is 0 Å². The fourth-order valence-electron chi connectivity index (χ4n) is 1.60. The first-order valence-electron chi connectivity index (χ1n) is 5.34. The van der Waals surface area contributed by atoms with Gasteiger partial charge in [0.15, 0.2) is 0 Å². The first-order valence-corrected chi connectivity index (χ1v) is 5.86. The van der Waals surface area contributed by atoms with Gasteiger partial charge in [0, 0.05) is 0 Å². The molecule has 5 heteroatoms. The van der Waals surface area contributed by atoms with E-state index in [1.807, 2.05) is 19.1 Å². The van der Waals surface area contributed by atoms with Crippen LogP contribution in [0.1, 0.15) is 23.3 Å². The zero-order chi connectivity index (χ0) is 13.0. The topological polar surface area (TPSA) is 72.6 Å². The van der Waals surface area contributed by atoms with Crippen LogP contribution in [0.4, 0.5) is 0 Å². The number of nitrogens with two attached hydrogens (primary N) is 1. The minimum atomic E-state index is -1.06. The lowest BCUT2D eigenvalue weighted by Crippen LogP contribution is -2.34. The van der Waals surface area contributed by atoms with Crippen molar-refractivity contribution in [3.63, 3.8) is 0 Å². The molecule has 1 aromatic carbocycles. The number of ether oxygens (including phenoxy) is 1. The zero-order valence-corrected chi connectivity index (χ0v) is 10.8. The molecule has 0 spiro atoms. The Morgan fingerprint density at radius 2 is 2.24 bits per heavy atom. The molecular weight excluding hydrogens is 238 g/mol. The summed E-state index contributed by atoms with van der Waals surface area (Å²) < 4.78 is 5.21. The number of aryl methyl sites for hydroxylation is 1. The van der Waals surface area contributed by atoms with Crippen LogP contribution in [-0.2, 0) is 11.2 Å². The van der Waals surface area contributed by atoms with Crippen molar-refractivity contribution >= 4 is 18.6 Å². The van der Waals surface area contributed by atoms with Crippen LogP contribution in [0.2, 0.25) is 0 Å². The van der Waals surface area contributed by atoms with E-state index in [4.69, 9.17) is 15.6 Å². The molecule has 1 rings (SSSR count). The number of methoxy groups -OCH3 is 1. The molecule has 0 aromatic heterocycles. The van der Waals surface area contributed by atoms with Crippen molar-refractivity contribution in [2.75, 3.05) is 7.11 Å². The number of benzene rings is 1. The van der Waals surface area contributed by atoms with Gasteiger partial charge < -0.3 is 15.6 Å². The number of rotatable bonds is 5. The Balaban J connectivity index is 3.03. The second-order valence-electron chi connectivity index (χ2n) is 3.73. The van der Waals surface area contributed by atoms with Gasteiger partial charge in [-0.05, 0) is 23.6 Å². The highest BCUT2D eigenvalue weighted by Gasteiger charge is 2.23. The van der Waals surface area contributed by atoms with E-state index in [-0.39, 0.29) is 0 Å². The molecule has 0 saturated heterocycles. The van der Waals surface area contributed by atoms with Gasteiger partial charge in [-0.25, -0.2) is 0 Å². The summed E-state index contributed by atoms with van der Waals surface area (Å²) >= 11 is 4.26. The van der Waals surface area contributed by atoms with Gasteiger partial charge in [0.1, 0.15) is 11.8 Å². The average molecular weight is 255 g/mol. The summed E-state index contributed by atoms with van der Waals surface area (Å²) in [5.74, 6) is -0.264. The van der Waals surface area contributed by atoms with Gasteiger partial charge in [-0.3, -0.25) is 4.79 Å². The van der Waals surface area contributed by atoms with E-state index in [1.54, 1.807) is 13.2 Å². The van der Waals surface area contributed by atoms with E-state index < -0.39 is 17.3 Å². The lowest BCUT2D eigenvalue weighted by Gasteiger charge is -2.17. The standard InChI is InChI=1S/C12H17NO3S/c1-3-7-6-8(4-5-9(7)16-2)11(17)10(13)12(14)15/h4-6,10-11,17H,3,13H2,1-2H3,(H,14,15). The molecule has 0 radical (unpaired) electrons. The van der Waals surface area contributed by atoms with Crippen molar-refractivity contribution in [1.82, 2.24) is 0 Å². The van der Waals surface area contributed by atoms with Crippen molar-refractivity contribution < 1.29 is 14.6 Å². The molecule has 0 saturated carbocycles. The molecule has 0 bridgehead atoms. The van der Waals surface area contributed by atoms with E-state index in [0.717, 1.165) is 23.3 Å². The van der Waals surface area contributed by atoms with Gasteiger partial charge in [0.05, 0.1) is 12.4 Å². The highest BCUT2D eigenvalue weighted by molar-refractivity contribution is 7.80. The molecule has 0 heterocycles. The maximum atomic E-state index is 10.8. The Labute approximate surface area is 106 Å². The summed E-state index contributed by atoms with van der Waals surface area (Å²) in [6.07, 6.45) is 0.805. The molecule has 0 aliphatic rings. The molecule has 0 aliphatic heterocycles. The van der Waals surface area contributed by atoms with Crippen molar-refractivity contribution in [2.24, 2.45) is 5.73 Å². The highest BCUT2D eigenvalue weighted by Crippen LogP contribution is 2.28. The highest BCUT2D eigenvalue weighted by atomic mass is 32.1. The van der Waals surface area contributed by atoms with Gasteiger partial charge in [-0.15, -0.1) is 0 Å². The third kappa shape index (κ3) is 3.14. The number of carboxylic acid groups (broad SMARTS) is 1. The largest absolute Gasteiger partial charge is 0.496 e. The molecule has 0 amide bonds. The lowest BCUT2D eigenvalue weighted by molar-refractivity contribution is -0.138. The lowest BCUT2D eigenvalue weighted by atomic mass is 10.0. The van der Waals surface area contributed by atoms with Crippen LogP contribution in [0.15, 0.2) is 18.2 Å². The predicted molar refractivity (Wildman–Crippen MR) is 69.7 cm³/mol. The van der Waals surface area contributed by atoms with Crippen LogP contribution < -0.4 is 10.5 Å². The van der Waals surface area contributed by atoms with Crippen molar-refractivity contribution in [1.29, 1.82) is 0 Å². The number of hydrogen-bond acceptors (Lipinski definition) is 4. The maximum Gasteiger partial charge on any atom is 0.321 e. The first-order chi connectivity index (χ1) is 8.01. The Morgan fingerprint density at radius 1 is 1.59 bits per heavy atom. The molecule has 4 nitrogen and oxygen atoms in total. The summed E-state index contributed by atoms with van der Waals surface area (Å²) in [6, 6.07) is 4.47. The zero-order valence-electron chi connectivity index (χ0n) is 9.88. The van der Waals surface area contributed by atoms with Gasteiger partial charge >= 0.3 is 5.97 Å². The number of thiol groups is 1. The molecule has 0 aliphatic carbocycles. The number of carbonyl (C=O) groups is 1. The SMILES string of the molecule is CCc1cc(C(S)C(N)C(=O)O)ccc1OC. The Morgan fingerprint density at radius 3 is 2.71 bits per heavy atom. The Bertz CT molecular complexity index is 409. The maximum absolute atomic E-state index is 10.8. The van der Waals surface area contributed by atoms with Gasteiger partial charge in [0.2, 0.25) is 0 Å². The summed E-state index contributed by atoms with van der Waals surface area (Å²) in [7, 11) is 1.61. The minimum Gasteiger partial charge on any atom is -0.496 e.